The van der Waals surface area contributed by atoms with Crippen molar-refractivity contribution in [2.45, 2.75) is 12.0 Å². The van der Waals surface area contributed by atoms with E-state index in [1.165, 1.54) is 0 Å². The van der Waals surface area contributed by atoms with Gasteiger partial charge >= 0.3 is 0 Å². The molecule has 0 aromatic carbocycles. The summed E-state index contributed by atoms with van der Waals surface area (Å²) in [4.78, 5) is 27.7. The maximum Gasteiger partial charge on any atom is 0.255 e. The van der Waals surface area contributed by atoms with Crippen molar-refractivity contribution < 1.29 is 4.79 Å². The average Bonchev–Trinajstić information content (AvgIpc) is 3.35. The number of hydrogen-bond donors (Lipinski definition) is 1. The molecule has 0 radical (unpaired) electrons. The molecule has 0 aliphatic carbocycles. The zero-order valence-electron chi connectivity index (χ0n) is 14.8. The number of amides is 1. The number of nitrogens with zero attached hydrogens (tertiary/aromatic N) is 6. The number of nitrogens with one attached hydrogen (secondary N) is 1. The molecule has 3 aromatic heterocycles. The van der Waals surface area contributed by atoms with Crippen LogP contribution in [0.3, 0.4) is 0 Å². The van der Waals surface area contributed by atoms with E-state index in [9.17, 15) is 4.79 Å². The van der Waals surface area contributed by atoms with E-state index in [-0.39, 0.29) is 17.9 Å². The molecular weight excluding hydrogens is 330 g/mol. The first kappa shape index (κ1) is 16.3. The lowest BCUT2D eigenvalue weighted by atomic mass is 10.0. The van der Waals surface area contributed by atoms with Crippen LogP contribution >= 0.6 is 0 Å². The molecule has 1 fully saturated rings. The van der Waals surface area contributed by atoms with Gasteiger partial charge in [0.05, 0.1) is 23.6 Å². The summed E-state index contributed by atoms with van der Waals surface area (Å²) < 4.78 is 3.81. The van der Waals surface area contributed by atoms with E-state index in [2.05, 4.69) is 20.3 Å². The molecule has 1 amide bonds. The molecule has 8 heteroatoms. The molecule has 4 heterocycles. The van der Waals surface area contributed by atoms with Gasteiger partial charge in [-0.1, -0.05) is 0 Å². The third kappa shape index (κ3) is 3.17. The summed E-state index contributed by atoms with van der Waals surface area (Å²) in [5, 5.41) is 3.37. The Hall–Kier alpha value is -3.16. The molecule has 0 unspecified atom stereocenters. The summed E-state index contributed by atoms with van der Waals surface area (Å²) in [6, 6.07) is 3.63. The van der Waals surface area contributed by atoms with E-state index in [1.54, 1.807) is 24.8 Å². The highest BCUT2D eigenvalue weighted by Crippen LogP contribution is 2.29. The van der Waals surface area contributed by atoms with E-state index < -0.39 is 0 Å². The van der Waals surface area contributed by atoms with Crippen LogP contribution in [0.15, 0.2) is 49.4 Å². The molecule has 1 saturated heterocycles. The Balaban J connectivity index is 1.58. The molecule has 26 heavy (non-hydrogen) atoms. The van der Waals surface area contributed by atoms with E-state index in [0.29, 0.717) is 24.6 Å². The number of imidazole rings is 1. The van der Waals surface area contributed by atoms with Crippen molar-refractivity contribution in [3.8, 4) is 0 Å². The molecule has 4 rings (SSSR count). The van der Waals surface area contributed by atoms with Gasteiger partial charge in [-0.15, -0.1) is 0 Å². The van der Waals surface area contributed by atoms with Crippen molar-refractivity contribution in [3.63, 3.8) is 0 Å². The Bertz CT molecular complexity index is 901. The highest BCUT2D eigenvalue weighted by atomic mass is 16.2. The van der Waals surface area contributed by atoms with E-state index in [1.807, 2.05) is 52.8 Å². The first-order chi connectivity index (χ1) is 12.6. The minimum atomic E-state index is -0.0000350. The van der Waals surface area contributed by atoms with E-state index >= 15 is 0 Å². The highest BCUT2D eigenvalue weighted by molar-refractivity contribution is 5.94. The van der Waals surface area contributed by atoms with Crippen LogP contribution in [0, 0.1) is 0 Å². The van der Waals surface area contributed by atoms with Crippen molar-refractivity contribution >= 4 is 11.9 Å². The van der Waals surface area contributed by atoms with Gasteiger partial charge in [-0.3, -0.25) is 4.79 Å². The number of rotatable bonds is 4. The minimum Gasteiger partial charge on any atom is -0.356 e. The number of aryl methyl sites for hydroxylation is 2. The Labute approximate surface area is 151 Å². The first-order valence-corrected chi connectivity index (χ1v) is 8.53. The monoisotopic (exact) mass is 351 g/mol. The number of aromatic nitrogens is 5. The fraction of sp³-hybridized carbons (Fsp3) is 0.333. The zero-order chi connectivity index (χ0) is 18.1. The smallest absolute Gasteiger partial charge is 0.255 e. The number of carbonyl (C=O) groups is 1. The number of anilines is 1. The molecule has 3 aromatic rings. The Morgan fingerprint density at radius 1 is 1.12 bits per heavy atom. The van der Waals surface area contributed by atoms with Gasteiger partial charge in [0.25, 0.3) is 5.91 Å². The summed E-state index contributed by atoms with van der Waals surface area (Å²) in [6.45, 7) is 1.18. The third-order valence-electron chi connectivity index (χ3n) is 4.67. The first-order valence-electron chi connectivity index (χ1n) is 8.53. The largest absolute Gasteiger partial charge is 0.356 e. The van der Waals surface area contributed by atoms with Crippen LogP contribution in [-0.4, -0.2) is 54.0 Å². The lowest BCUT2D eigenvalue weighted by molar-refractivity contribution is 0.0789. The summed E-state index contributed by atoms with van der Waals surface area (Å²) >= 11 is 0. The number of carbonyl (C=O) groups excluding carboxylic acids is 1. The van der Waals surface area contributed by atoms with Crippen LogP contribution in [0.5, 0.6) is 0 Å². The molecule has 134 valence electrons. The van der Waals surface area contributed by atoms with Crippen LogP contribution in [-0.2, 0) is 14.1 Å². The van der Waals surface area contributed by atoms with Crippen molar-refractivity contribution in [3.05, 3.63) is 60.7 Å². The predicted molar refractivity (Wildman–Crippen MR) is 96.7 cm³/mol. The summed E-state index contributed by atoms with van der Waals surface area (Å²) in [7, 11) is 3.86. The second-order valence-electron chi connectivity index (χ2n) is 6.67. The quantitative estimate of drug-likeness (QED) is 0.766. The molecule has 1 aliphatic heterocycles. The Morgan fingerprint density at radius 2 is 1.92 bits per heavy atom. The molecular formula is C18H21N7O. The zero-order valence-corrected chi connectivity index (χ0v) is 14.8. The van der Waals surface area contributed by atoms with Gasteiger partial charge in [0.1, 0.15) is 0 Å². The van der Waals surface area contributed by atoms with Gasteiger partial charge in [-0.05, 0) is 12.1 Å². The van der Waals surface area contributed by atoms with Crippen molar-refractivity contribution in [1.29, 1.82) is 0 Å². The molecule has 0 spiro atoms. The second kappa shape index (κ2) is 6.62. The maximum atomic E-state index is 12.9. The number of likely N-dealkylation sites (tertiary alicyclic amines) is 1. The van der Waals surface area contributed by atoms with E-state index in [4.69, 9.17) is 0 Å². The van der Waals surface area contributed by atoms with Crippen LogP contribution in [0.25, 0.3) is 0 Å². The molecule has 2 atom stereocenters. The normalized spacial score (nSPS) is 19.7. The number of hydrogen-bond acceptors (Lipinski definition) is 5. The Morgan fingerprint density at radius 3 is 2.58 bits per heavy atom. The highest BCUT2D eigenvalue weighted by Gasteiger charge is 2.38. The maximum absolute atomic E-state index is 12.9. The van der Waals surface area contributed by atoms with Crippen molar-refractivity contribution in [2.24, 2.45) is 14.1 Å². The van der Waals surface area contributed by atoms with Gasteiger partial charge in [-0.2, -0.15) is 0 Å². The molecule has 1 N–H and O–H groups in total. The molecule has 0 bridgehead atoms. The van der Waals surface area contributed by atoms with E-state index in [0.717, 1.165) is 5.69 Å². The lowest BCUT2D eigenvalue weighted by Crippen LogP contribution is -2.32. The van der Waals surface area contributed by atoms with Crippen LogP contribution in [0.4, 0.5) is 5.95 Å². The Kier molecular flexibility index (Phi) is 4.16. The fourth-order valence-corrected chi connectivity index (χ4v) is 3.39. The second-order valence-corrected chi connectivity index (χ2v) is 6.67. The van der Waals surface area contributed by atoms with Gasteiger partial charge < -0.3 is 19.4 Å². The molecule has 8 nitrogen and oxygen atoms in total. The van der Waals surface area contributed by atoms with Crippen LogP contribution in [0.2, 0.25) is 0 Å². The molecule has 1 aliphatic rings. The fourth-order valence-electron chi connectivity index (χ4n) is 3.39. The topological polar surface area (TPSA) is 80.9 Å². The summed E-state index contributed by atoms with van der Waals surface area (Å²) in [5.41, 5.74) is 1.66. The SMILES string of the molecule is Cn1ccc(C(=O)N2C[C@@H](Nc3ncccn3)[C@H](c3cn(C)cn3)C2)c1. The van der Waals surface area contributed by atoms with Gasteiger partial charge in [0, 0.05) is 64.1 Å². The molecule has 0 saturated carbocycles. The van der Waals surface area contributed by atoms with Gasteiger partial charge in [0.2, 0.25) is 5.95 Å². The van der Waals surface area contributed by atoms with Crippen molar-refractivity contribution in [1.82, 2.24) is 29.0 Å². The summed E-state index contributed by atoms with van der Waals surface area (Å²) in [5.74, 6) is 0.671. The standard InChI is InChI=1S/C18H21N7O/c1-23-7-4-13(8-23)17(26)25-9-14(15-10-24(2)12-21-15)16(11-25)22-18-19-5-3-6-20-18/h3-8,10,12,14,16H,9,11H2,1-2H3,(H,19,20,22)/t14-,16+/m0/s1. The minimum absolute atomic E-state index is 0.0000350. The summed E-state index contributed by atoms with van der Waals surface area (Å²) in [6.07, 6.45) is 10.9. The van der Waals surface area contributed by atoms with Crippen molar-refractivity contribution in [2.75, 3.05) is 18.4 Å². The van der Waals surface area contributed by atoms with Gasteiger partial charge in [0.15, 0.2) is 0 Å². The third-order valence-corrected chi connectivity index (χ3v) is 4.67. The predicted octanol–water partition coefficient (Wildman–Crippen LogP) is 1.27. The lowest BCUT2D eigenvalue weighted by Gasteiger charge is -2.17. The van der Waals surface area contributed by atoms with Crippen LogP contribution in [0.1, 0.15) is 22.0 Å². The average molecular weight is 351 g/mol. The van der Waals surface area contributed by atoms with Gasteiger partial charge in [-0.25, -0.2) is 15.0 Å². The van der Waals surface area contributed by atoms with Crippen LogP contribution < -0.4 is 5.32 Å².